The molecule has 98 valence electrons. The molecule has 0 aliphatic rings. The topological polar surface area (TPSA) is 75.3 Å². The van der Waals surface area contributed by atoms with Crippen LogP contribution in [0.15, 0.2) is 35.9 Å². The van der Waals surface area contributed by atoms with Gasteiger partial charge in [0.15, 0.2) is 0 Å². The van der Waals surface area contributed by atoms with E-state index < -0.39 is 10.0 Å². The van der Waals surface area contributed by atoms with Gasteiger partial charge in [0.05, 0.1) is 6.26 Å². The number of hydrogen-bond acceptors (Lipinski definition) is 3. The molecule has 0 aromatic heterocycles. The van der Waals surface area contributed by atoms with Crippen LogP contribution in [-0.4, -0.2) is 20.6 Å². The maximum atomic E-state index is 11.4. The maximum Gasteiger partial charge on any atom is 0.248 e. The minimum atomic E-state index is -3.28. The van der Waals surface area contributed by atoms with Crippen LogP contribution >= 0.6 is 0 Å². The van der Waals surface area contributed by atoms with E-state index in [1.807, 2.05) is 13.8 Å². The number of sulfonamides is 1. The van der Waals surface area contributed by atoms with Crippen LogP contribution in [0.4, 0.5) is 11.4 Å². The number of hydrogen-bond donors (Lipinski definition) is 2. The molecule has 0 fully saturated rings. The molecule has 6 heteroatoms. The number of carbonyl (C=O) groups is 1. The summed E-state index contributed by atoms with van der Waals surface area (Å²) < 4.78 is 24.3. The SMILES string of the molecule is CC(C)=CC(=O)Nc1ccc(NS(C)(=O)=O)cc1. The summed E-state index contributed by atoms with van der Waals surface area (Å²) in [5.41, 5.74) is 1.97. The zero-order chi connectivity index (χ0) is 13.8. The first-order valence-electron chi connectivity index (χ1n) is 5.30. The zero-order valence-electron chi connectivity index (χ0n) is 10.5. The lowest BCUT2D eigenvalue weighted by Crippen LogP contribution is -2.10. The van der Waals surface area contributed by atoms with Crippen LogP contribution in [0.2, 0.25) is 0 Å². The van der Waals surface area contributed by atoms with Crippen LogP contribution < -0.4 is 10.0 Å². The normalized spacial score (nSPS) is 10.6. The largest absolute Gasteiger partial charge is 0.323 e. The lowest BCUT2D eigenvalue weighted by Gasteiger charge is -2.06. The number of rotatable bonds is 4. The first-order valence-corrected chi connectivity index (χ1v) is 7.19. The number of amides is 1. The van der Waals surface area contributed by atoms with Crippen molar-refractivity contribution < 1.29 is 13.2 Å². The van der Waals surface area contributed by atoms with Crippen LogP contribution in [0.25, 0.3) is 0 Å². The van der Waals surface area contributed by atoms with Crippen molar-refractivity contribution in [1.29, 1.82) is 0 Å². The molecule has 1 rings (SSSR count). The highest BCUT2D eigenvalue weighted by Gasteiger charge is 2.02. The molecule has 2 N–H and O–H groups in total. The van der Waals surface area contributed by atoms with Gasteiger partial charge in [-0.3, -0.25) is 9.52 Å². The van der Waals surface area contributed by atoms with Crippen molar-refractivity contribution in [3.63, 3.8) is 0 Å². The predicted molar refractivity (Wildman–Crippen MR) is 73.0 cm³/mol. The lowest BCUT2D eigenvalue weighted by molar-refractivity contribution is -0.111. The fourth-order valence-electron chi connectivity index (χ4n) is 1.28. The highest BCUT2D eigenvalue weighted by molar-refractivity contribution is 7.92. The molecule has 0 unspecified atom stereocenters. The Morgan fingerprint density at radius 1 is 1.11 bits per heavy atom. The second kappa shape index (κ2) is 5.68. The van der Waals surface area contributed by atoms with Crippen molar-refractivity contribution >= 4 is 27.3 Å². The van der Waals surface area contributed by atoms with Crippen LogP contribution in [0.1, 0.15) is 13.8 Å². The number of benzene rings is 1. The van der Waals surface area contributed by atoms with Gasteiger partial charge < -0.3 is 5.32 Å². The number of nitrogens with one attached hydrogen (secondary N) is 2. The van der Waals surface area contributed by atoms with Gasteiger partial charge in [-0.05, 0) is 38.1 Å². The van der Waals surface area contributed by atoms with Crippen LogP contribution in [0.5, 0.6) is 0 Å². The fraction of sp³-hybridized carbons (Fsp3) is 0.250. The van der Waals surface area contributed by atoms with Gasteiger partial charge in [0, 0.05) is 17.5 Å². The predicted octanol–water partition coefficient (Wildman–Crippen LogP) is 1.96. The highest BCUT2D eigenvalue weighted by atomic mass is 32.2. The van der Waals surface area contributed by atoms with Crippen molar-refractivity contribution in [1.82, 2.24) is 0 Å². The Morgan fingerprint density at radius 3 is 2.06 bits per heavy atom. The van der Waals surface area contributed by atoms with Crippen molar-refractivity contribution in [3.05, 3.63) is 35.9 Å². The van der Waals surface area contributed by atoms with E-state index >= 15 is 0 Å². The number of allylic oxidation sites excluding steroid dienone is 1. The van der Waals surface area contributed by atoms with E-state index in [-0.39, 0.29) is 5.91 Å². The van der Waals surface area contributed by atoms with Gasteiger partial charge in [-0.25, -0.2) is 8.42 Å². The third-order valence-corrected chi connectivity index (χ3v) is 2.48. The molecular weight excluding hydrogens is 252 g/mol. The summed E-state index contributed by atoms with van der Waals surface area (Å²) in [6.45, 7) is 3.66. The summed E-state index contributed by atoms with van der Waals surface area (Å²) in [5.74, 6) is -0.209. The van der Waals surface area contributed by atoms with Crippen molar-refractivity contribution in [2.75, 3.05) is 16.3 Å². The Balaban J connectivity index is 2.72. The van der Waals surface area contributed by atoms with Gasteiger partial charge in [0.25, 0.3) is 0 Å². The number of carbonyl (C=O) groups excluding carboxylic acids is 1. The van der Waals surface area contributed by atoms with Crippen molar-refractivity contribution in [2.24, 2.45) is 0 Å². The van der Waals surface area contributed by atoms with Crippen molar-refractivity contribution in [2.45, 2.75) is 13.8 Å². The maximum absolute atomic E-state index is 11.4. The van der Waals surface area contributed by atoms with Crippen LogP contribution in [0, 0.1) is 0 Å². The van der Waals surface area contributed by atoms with Gasteiger partial charge in [-0.15, -0.1) is 0 Å². The van der Waals surface area contributed by atoms with Gasteiger partial charge >= 0.3 is 0 Å². The molecule has 18 heavy (non-hydrogen) atoms. The van der Waals surface area contributed by atoms with Gasteiger partial charge in [0.2, 0.25) is 15.9 Å². The summed E-state index contributed by atoms with van der Waals surface area (Å²) in [6.07, 6.45) is 2.57. The summed E-state index contributed by atoms with van der Waals surface area (Å²) in [5, 5.41) is 2.67. The number of anilines is 2. The van der Waals surface area contributed by atoms with E-state index in [1.165, 1.54) is 6.08 Å². The fourth-order valence-corrected chi connectivity index (χ4v) is 1.84. The third-order valence-electron chi connectivity index (χ3n) is 1.88. The minimum Gasteiger partial charge on any atom is -0.323 e. The Hall–Kier alpha value is -1.82. The molecule has 1 amide bonds. The molecule has 0 aliphatic heterocycles. The van der Waals surface area contributed by atoms with Gasteiger partial charge in [-0.2, -0.15) is 0 Å². The molecule has 0 saturated carbocycles. The molecule has 0 heterocycles. The molecule has 1 aromatic carbocycles. The Morgan fingerprint density at radius 2 is 1.61 bits per heavy atom. The van der Waals surface area contributed by atoms with E-state index in [4.69, 9.17) is 0 Å². The second-order valence-electron chi connectivity index (χ2n) is 4.16. The quantitative estimate of drug-likeness (QED) is 0.820. The average Bonchev–Trinajstić information content (AvgIpc) is 2.17. The first-order chi connectivity index (χ1) is 8.26. The summed E-state index contributed by atoms with van der Waals surface area (Å²) in [4.78, 5) is 11.4. The minimum absolute atomic E-state index is 0.209. The van der Waals surface area contributed by atoms with E-state index in [0.29, 0.717) is 11.4 Å². The monoisotopic (exact) mass is 268 g/mol. The Kier molecular flexibility index (Phi) is 4.49. The summed E-state index contributed by atoms with van der Waals surface area (Å²) in [7, 11) is -3.28. The molecule has 0 atom stereocenters. The van der Waals surface area contributed by atoms with Crippen molar-refractivity contribution in [3.8, 4) is 0 Å². The Bertz CT molecular complexity index is 555. The van der Waals surface area contributed by atoms with E-state index in [9.17, 15) is 13.2 Å². The summed E-state index contributed by atoms with van der Waals surface area (Å²) in [6, 6.07) is 6.42. The highest BCUT2D eigenvalue weighted by Crippen LogP contribution is 2.14. The molecular formula is C12H16N2O3S. The van der Waals surface area contributed by atoms with Crippen LogP contribution in [-0.2, 0) is 14.8 Å². The zero-order valence-corrected chi connectivity index (χ0v) is 11.3. The molecule has 0 saturated heterocycles. The van der Waals surface area contributed by atoms with E-state index in [2.05, 4.69) is 10.0 Å². The van der Waals surface area contributed by atoms with E-state index in [1.54, 1.807) is 24.3 Å². The van der Waals surface area contributed by atoms with Crippen LogP contribution in [0.3, 0.4) is 0 Å². The smallest absolute Gasteiger partial charge is 0.248 e. The average molecular weight is 268 g/mol. The molecule has 5 nitrogen and oxygen atoms in total. The molecule has 0 aliphatic carbocycles. The second-order valence-corrected chi connectivity index (χ2v) is 5.91. The summed E-state index contributed by atoms with van der Waals surface area (Å²) >= 11 is 0. The lowest BCUT2D eigenvalue weighted by atomic mass is 10.2. The third kappa shape index (κ3) is 5.49. The van der Waals surface area contributed by atoms with E-state index in [0.717, 1.165) is 11.8 Å². The van der Waals surface area contributed by atoms with Gasteiger partial charge in [-0.1, -0.05) is 5.57 Å². The standard InChI is InChI=1S/C12H16N2O3S/c1-9(2)8-12(15)13-10-4-6-11(7-5-10)14-18(3,16)17/h4-8,14H,1-3H3,(H,13,15). The molecule has 1 aromatic rings. The van der Waals surface area contributed by atoms with Gasteiger partial charge in [0.1, 0.15) is 0 Å². The Labute approximate surface area is 107 Å². The molecule has 0 radical (unpaired) electrons. The molecule has 0 spiro atoms. The first kappa shape index (κ1) is 14.2. The molecule has 0 bridgehead atoms.